The molecule has 1 amide bonds. The van der Waals surface area contributed by atoms with E-state index in [1.54, 1.807) is 49.6 Å². The molecule has 0 aliphatic rings. The first-order chi connectivity index (χ1) is 15.4. The first kappa shape index (κ1) is 22.8. The SMILES string of the molecule is COc1ccc(-c2noc(COC(=O)[C@@H](NC(=O)c3ccccc3)C(C)C)n2)c(OC)c1. The highest BCUT2D eigenvalue weighted by Gasteiger charge is 2.27. The molecular formula is C23H25N3O6. The highest BCUT2D eigenvalue weighted by atomic mass is 16.6. The van der Waals surface area contributed by atoms with Crippen LogP contribution < -0.4 is 14.8 Å². The van der Waals surface area contributed by atoms with Crippen LogP contribution in [0.25, 0.3) is 11.4 Å². The van der Waals surface area contributed by atoms with Crippen LogP contribution >= 0.6 is 0 Å². The third-order valence-corrected chi connectivity index (χ3v) is 4.70. The van der Waals surface area contributed by atoms with Crippen LogP contribution in [0.3, 0.4) is 0 Å². The molecule has 3 aromatic rings. The Labute approximate surface area is 185 Å². The summed E-state index contributed by atoms with van der Waals surface area (Å²) in [5.74, 6) is 0.408. The molecule has 0 aliphatic heterocycles. The smallest absolute Gasteiger partial charge is 0.329 e. The topological polar surface area (TPSA) is 113 Å². The lowest BCUT2D eigenvalue weighted by Gasteiger charge is -2.20. The van der Waals surface area contributed by atoms with Crippen molar-refractivity contribution in [3.8, 4) is 22.9 Å². The number of ether oxygens (including phenoxy) is 3. The summed E-state index contributed by atoms with van der Waals surface area (Å²) in [6, 6.07) is 13.0. The van der Waals surface area contributed by atoms with Gasteiger partial charge in [-0.1, -0.05) is 37.2 Å². The van der Waals surface area contributed by atoms with E-state index in [0.717, 1.165) is 0 Å². The molecule has 1 atom stereocenters. The van der Waals surface area contributed by atoms with Crippen molar-refractivity contribution in [2.24, 2.45) is 5.92 Å². The molecule has 0 unspecified atom stereocenters. The van der Waals surface area contributed by atoms with Gasteiger partial charge in [-0.2, -0.15) is 4.98 Å². The Morgan fingerprint density at radius 1 is 1.06 bits per heavy atom. The van der Waals surface area contributed by atoms with Crippen molar-refractivity contribution < 1.29 is 28.3 Å². The second-order valence-electron chi connectivity index (χ2n) is 7.25. The number of nitrogens with zero attached hydrogens (tertiary/aromatic N) is 2. The van der Waals surface area contributed by atoms with E-state index in [9.17, 15) is 9.59 Å². The molecule has 0 aliphatic carbocycles. The number of nitrogens with one attached hydrogen (secondary N) is 1. The zero-order valence-corrected chi connectivity index (χ0v) is 18.3. The number of aromatic nitrogens is 2. The van der Waals surface area contributed by atoms with Crippen LogP contribution in [-0.4, -0.2) is 42.3 Å². The number of carbonyl (C=O) groups excluding carboxylic acids is 2. The Morgan fingerprint density at radius 3 is 2.47 bits per heavy atom. The van der Waals surface area contributed by atoms with Crippen LogP contribution in [0, 0.1) is 5.92 Å². The van der Waals surface area contributed by atoms with E-state index in [4.69, 9.17) is 18.7 Å². The fourth-order valence-corrected chi connectivity index (χ4v) is 2.94. The van der Waals surface area contributed by atoms with Crippen LogP contribution in [0.2, 0.25) is 0 Å². The lowest BCUT2D eigenvalue weighted by Crippen LogP contribution is -2.45. The van der Waals surface area contributed by atoms with Gasteiger partial charge in [0, 0.05) is 11.6 Å². The summed E-state index contributed by atoms with van der Waals surface area (Å²) in [7, 11) is 3.08. The van der Waals surface area contributed by atoms with Gasteiger partial charge in [0.1, 0.15) is 17.5 Å². The van der Waals surface area contributed by atoms with Gasteiger partial charge in [-0.3, -0.25) is 4.79 Å². The summed E-state index contributed by atoms with van der Waals surface area (Å²) in [6.07, 6.45) is 0. The molecule has 0 spiro atoms. The number of carbonyl (C=O) groups is 2. The van der Waals surface area contributed by atoms with Crippen LogP contribution in [-0.2, 0) is 16.1 Å². The predicted octanol–water partition coefficient (Wildman–Crippen LogP) is 3.25. The number of esters is 1. The third-order valence-electron chi connectivity index (χ3n) is 4.70. The van der Waals surface area contributed by atoms with E-state index >= 15 is 0 Å². The minimum absolute atomic E-state index is 0.114. The second kappa shape index (κ2) is 10.4. The first-order valence-electron chi connectivity index (χ1n) is 10.0. The quantitative estimate of drug-likeness (QED) is 0.506. The summed E-state index contributed by atoms with van der Waals surface area (Å²) in [5.41, 5.74) is 1.06. The Hall–Kier alpha value is -3.88. The second-order valence-corrected chi connectivity index (χ2v) is 7.25. The van der Waals surface area contributed by atoms with Gasteiger partial charge >= 0.3 is 5.97 Å². The third kappa shape index (κ3) is 5.42. The summed E-state index contributed by atoms with van der Waals surface area (Å²) in [6.45, 7) is 3.41. The molecule has 0 radical (unpaired) electrons. The first-order valence-corrected chi connectivity index (χ1v) is 10.0. The zero-order valence-electron chi connectivity index (χ0n) is 18.3. The van der Waals surface area contributed by atoms with E-state index in [-0.39, 0.29) is 30.1 Å². The van der Waals surface area contributed by atoms with Crippen LogP contribution in [0.5, 0.6) is 11.5 Å². The molecule has 1 aromatic heterocycles. The molecule has 0 saturated carbocycles. The van der Waals surface area contributed by atoms with Crippen LogP contribution in [0.4, 0.5) is 0 Å². The lowest BCUT2D eigenvalue weighted by molar-refractivity contribution is -0.149. The zero-order chi connectivity index (χ0) is 23.1. The van der Waals surface area contributed by atoms with E-state index < -0.39 is 12.0 Å². The number of hydrogen-bond acceptors (Lipinski definition) is 8. The van der Waals surface area contributed by atoms with Gasteiger partial charge in [-0.25, -0.2) is 4.79 Å². The average Bonchev–Trinajstić information content (AvgIpc) is 3.29. The maximum Gasteiger partial charge on any atom is 0.329 e. The van der Waals surface area contributed by atoms with Gasteiger partial charge < -0.3 is 24.1 Å². The molecule has 1 heterocycles. The standard InChI is InChI=1S/C23H25N3O6/c1-14(2)20(25-22(27)15-8-6-5-7-9-15)23(28)31-13-19-24-21(26-32-19)17-11-10-16(29-3)12-18(17)30-4/h5-12,14,20H,13H2,1-4H3,(H,25,27)/t20-/m0/s1. The number of methoxy groups -OCH3 is 2. The molecule has 2 aromatic carbocycles. The van der Waals surface area contributed by atoms with Gasteiger partial charge in [0.05, 0.1) is 19.8 Å². The number of rotatable bonds is 9. The molecule has 32 heavy (non-hydrogen) atoms. The maximum atomic E-state index is 12.6. The molecule has 0 saturated heterocycles. The molecule has 3 rings (SSSR count). The highest BCUT2D eigenvalue weighted by molar-refractivity contribution is 5.96. The summed E-state index contributed by atoms with van der Waals surface area (Å²) in [4.78, 5) is 29.3. The van der Waals surface area contributed by atoms with Crippen molar-refractivity contribution in [3.05, 3.63) is 60.0 Å². The Kier molecular flexibility index (Phi) is 7.43. The molecular weight excluding hydrogens is 414 g/mol. The number of amides is 1. The van der Waals surface area contributed by atoms with Gasteiger partial charge in [0.25, 0.3) is 11.8 Å². The van der Waals surface area contributed by atoms with Crippen molar-refractivity contribution in [2.75, 3.05) is 14.2 Å². The normalized spacial score (nSPS) is 11.7. The maximum absolute atomic E-state index is 12.6. The van der Waals surface area contributed by atoms with Gasteiger partial charge in [-0.05, 0) is 30.2 Å². The molecule has 9 heteroatoms. The Morgan fingerprint density at radius 2 is 1.81 bits per heavy atom. The molecule has 1 N–H and O–H groups in total. The Balaban J connectivity index is 1.65. The summed E-state index contributed by atoms with van der Waals surface area (Å²) < 4.78 is 21.1. The van der Waals surface area contributed by atoms with E-state index in [0.29, 0.717) is 22.6 Å². The lowest BCUT2D eigenvalue weighted by atomic mass is 10.0. The van der Waals surface area contributed by atoms with Crippen LogP contribution in [0.1, 0.15) is 30.1 Å². The van der Waals surface area contributed by atoms with Crippen molar-refractivity contribution in [1.29, 1.82) is 0 Å². The highest BCUT2D eigenvalue weighted by Crippen LogP contribution is 2.31. The van der Waals surface area contributed by atoms with Crippen molar-refractivity contribution in [2.45, 2.75) is 26.5 Å². The average molecular weight is 439 g/mol. The minimum atomic E-state index is -0.827. The number of hydrogen-bond donors (Lipinski definition) is 1. The largest absolute Gasteiger partial charge is 0.497 e. The summed E-state index contributed by atoms with van der Waals surface area (Å²) >= 11 is 0. The Bertz CT molecular complexity index is 1060. The van der Waals surface area contributed by atoms with Gasteiger partial charge in [0.2, 0.25) is 5.82 Å². The molecule has 0 fully saturated rings. The van der Waals surface area contributed by atoms with Crippen molar-refractivity contribution in [3.63, 3.8) is 0 Å². The van der Waals surface area contributed by atoms with Crippen molar-refractivity contribution >= 4 is 11.9 Å². The summed E-state index contributed by atoms with van der Waals surface area (Å²) in [5, 5.41) is 6.65. The molecule has 0 bridgehead atoms. The van der Waals surface area contributed by atoms with E-state index in [1.807, 2.05) is 19.9 Å². The minimum Gasteiger partial charge on any atom is -0.497 e. The van der Waals surface area contributed by atoms with Gasteiger partial charge in [0.15, 0.2) is 6.61 Å². The molecule has 9 nitrogen and oxygen atoms in total. The van der Waals surface area contributed by atoms with Crippen LogP contribution in [0.15, 0.2) is 53.1 Å². The van der Waals surface area contributed by atoms with Gasteiger partial charge in [-0.15, -0.1) is 0 Å². The van der Waals surface area contributed by atoms with E-state index in [2.05, 4.69) is 15.5 Å². The fraction of sp³-hybridized carbons (Fsp3) is 0.304. The van der Waals surface area contributed by atoms with Crippen molar-refractivity contribution in [1.82, 2.24) is 15.5 Å². The van der Waals surface area contributed by atoms with E-state index in [1.165, 1.54) is 7.11 Å². The number of benzene rings is 2. The predicted molar refractivity (Wildman–Crippen MR) is 115 cm³/mol. The molecule has 168 valence electrons. The monoisotopic (exact) mass is 439 g/mol. The fourth-order valence-electron chi connectivity index (χ4n) is 2.94.